The van der Waals surface area contributed by atoms with Crippen LogP contribution >= 0.6 is 0 Å². The van der Waals surface area contributed by atoms with Gasteiger partial charge >= 0.3 is 17.9 Å². The Morgan fingerprint density at radius 2 is 0.547 bits per heavy atom. The van der Waals surface area contributed by atoms with Crippen molar-refractivity contribution < 1.29 is 28.6 Å². The molecular weight excluding hydrogens is 793 g/mol. The second-order valence-electron chi connectivity index (χ2n) is 21.1. The van der Waals surface area contributed by atoms with Crippen molar-refractivity contribution in [2.75, 3.05) is 13.2 Å². The van der Waals surface area contributed by atoms with E-state index in [2.05, 4.69) is 41.5 Å². The number of carbonyl (C=O) groups excluding carboxylic acids is 3. The molecule has 0 bridgehead atoms. The maximum atomic E-state index is 12.8. The van der Waals surface area contributed by atoms with E-state index < -0.39 is 6.10 Å². The lowest BCUT2D eigenvalue weighted by Gasteiger charge is -2.18. The van der Waals surface area contributed by atoms with Crippen LogP contribution in [-0.4, -0.2) is 37.2 Å². The van der Waals surface area contributed by atoms with Crippen LogP contribution in [0.25, 0.3) is 0 Å². The van der Waals surface area contributed by atoms with E-state index in [0.29, 0.717) is 19.3 Å². The van der Waals surface area contributed by atoms with Crippen LogP contribution < -0.4 is 0 Å². The molecule has 0 aliphatic heterocycles. The van der Waals surface area contributed by atoms with E-state index in [1.54, 1.807) is 0 Å². The first-order valence-electron chi connectivity index (χ1n) is 28.6. The number of esters is 3. The van der Waals surface area contributed by atoms with Gasteiger partial charge in [-0.1, -0.05) is 279 Å². The Bertz CT molecular complexity index is 993. The lowest BCUT2D eigenvalue weighted by molar-refractivity contribution is -0.167. The van der Waals surface area contributed by atoms with Crippen molar-refractivity contribution in [1.29, 1.82) is 0 Å². The van der Waals surface area contributed by atoms with Gasteiger partial charge in [0.05, 0.1) is 0 Å². The summed E-state index contributed by atoms with van der Waals surface area (Å²) < 4.78 is 16.9. The van der Waals surface area contributed by atoms with Crippen molar-refractivity contribution in [3.05, 3.63) is 0 Å². The Kier molecular flexibility index (Phi) is 48.1. The van der Waals surface area contributed by atoms with Gasteiger partial charge in [0.1, 0.15) is 13.2 Å². The molecule has 6 heteroatoms. The highest BCUT2D eigenvalue weighted by molar-refractivity contribution is 5.71. The third kappa shape index (κ3) is 49.8. The molecule has 0 aliphatic carbocycles. The molecule has 0 N–H and O–H groups in total. The fraction of sp³-hybridized carbons (Fsp3) is 0.948. The number of rotatable bonds is 51. The SMILES string of the molecule is CCC(C)CCCCCCCCCCCCC(=O)OC[C@@H](COC(=O)CCCCCCCCCCCCCCCC(C)C)OC(=O)CCCCCCCCCCCCCCCC(C)C. The first kappa shape index (κ1) is 62.4. The quantitative estimate of drug-likeness (QED) is 0.0344. The number of hydrogen-bond acceptors (Lipinski definition) is 6. The molecule has 0 aromatic heterocycles. The molecule has 0 aromatic rings. The number of carbonyl (C=O) groups is 3. The highest BCUT2D eigenvalue weighted by Crippen LogP contribution is 2.19. The fourth-order valence-corrected chi connectivity index (χ4v) is 8.79. The van der Waals surface area contributed by atoms with Gasteiger partial charge in [-0.3, -0.25) is 14.4 Å². The molecule has 380 valence electrons. The molecule has 2 atom stereocenters. The van der Waals surface area contributed by atoms with Gasteiger partial charge in [0.2, 0.25) is 0 Å². The second kappa shape index (κ2) is 49.3. The van der Waals surface area contributed by atoms with Crippen molar-refractivity contribution in [3.63, 3.8) is 0 Å². The Hall–Kier alpha value is -1.59. The summed E-state index contributed by atoms with van der Waals surface area (Å²) in [6.07, 6.45) is 50.8. The maximum Gasteiger partial charge on any atom is 0.306 e. The lowest BCUT2D eigenvalue weighted by atomic mass is 9.99. The van der Waals surface area contributed by atoms with Gasteiger partial charge in [0, 0.05) is 19.3 Å². The predicted octanol–water partition coefficient (Wildman–Crippen LogP) is 18.7. The molecule has 64 heavy (non-hydrogen) atoms. The molecule has 0 rings (SSSR count). The van der Waals surface area contributed by atoms with E-state index in [0.717, 1.165) is 75.5 Å². The average Bonchev–Trinajstić information content (AvgIpc) is 3.27. The van der Waals surface area contributed by atoms with Gasteiger partial charge in [0.25, 0.3) is 0 Å². The minimum absolute atomic E-state index is 0.0637. The summed E-state index contributed by atoms with van der Waals surface area (Å²) in [4.78, 5) is 38.1. The Labute approximate surface area is 399 Å². The topological polar surface area (TPSA) is 78.9 Å². The van der Waals surface area contributed by atoms with Crippen molar-refractivity contribution in [3.8, 4) is 0 Å². The Morgan fingerprint density at radius 1 is 0.312 bits per heavy atom. The Balaban J connectivity index is 4.32. The molecule has 0 heterocycles. The number of ether oxygens (including phenoxy) is 3. The molecular formula is C58H112O6. The van der Waals surface area contributed by atoms with E-state index in [4.69, 9.17) is 14.2 Å². The normalized spacial score (nSPS) is 12.6. The number of hydrogen-bond donors (Lipinski definition) is 0. The number of unbranched alkanes of at least 4 members (excludes halogenated alkanes) is 33. The van der Waals surface area contributed by atoms with Crippen LogP contribution in [0.5, 0.6) is 0 Å². The molecule has 0 amide bonds. The summed E-state index contributed by atoms with van der Waals surface area (Å²) in [5, 5.41) is 0. The monoisotopic (exact) mass is 905 g/mol. The molecule has 0 aromatic carbocycles. The molecule has 0 saturated heterocycles. The Morgan fingerprint density at radius 3 is 0.812 bits per heavy atom. The van der Waals surface area contributed by atoms with Gasteiger partial charge in [-0.05, 0) is 37.0 Å². The zero-order valence-electron chi connectivity index (χ0n) is 44.1. The lowest BCUT2D eigenvalue weighted by Crippen LogP contribution is -2.30. The fourth-order valence-electron chi connectivity index (χ4n) is 8.79. The average molecular weight is 906 g/mol. The minimum Gasteiger partial charge on any atom is -0.462 e. The molecule has 6 nitrogen and oxygen atoms in total. The molecule has 0 saturated carbocycles. The van der Waals surface area contributed by atoms with Crippen molar-refractivity contribution in [2.45, 2.75) is 324 Å². The van der Waals surface area contributed by atoms with Crippen molar-refractivity contribution >= 4 is 17.9 Å². The van der Waals surface area contributed by atoms with Gasteiger partial charge < -0.3 is 14.2 Å². The summed E-state index contributed by atoms with van der Waals surface area (Å²) in [7, 11) is 0. The van der Waals surface area contributed by atoms with E-state index >= 15 is 0 Å². The minimum atomic E-state index is -0.764. The van der Waals surface area contributed by atoms with Gasteiger partial charge in [-0.25, -0.2) is 0 Å². The predicted molar refractivity (Wildman–Crippen MR) is 275 cm³/mol. The van der Waals surface area contributed by atoms with Crippen LogP contribution in [0, 0.1) is 17.8 Å². The zero-order chi connectivity index (χ0) is 47.0. The van der Waals surface area contributed by atoms with Crippen LogP contribution in [0.15, 0.2) is 0 Å². The maximum absolute atomic E-state index is 12.8. The van der Waals surface area contributed by atoms with Crippen molar-refractivity contribution in [1.82, 2.24) is 0 Å². The standard InChI is InChI=1S/C58H112O6/c1-7-54(6)46-40-34-28-22-18-19-24-30-36-42-48-57(60)63-51-55(64-58(61)49-43-37-31-25-17-13-9-11-15-21-27-33-39-45-53(4)5)50-62-56(59)47-41-35-29-23-16-12-8-10-14-20-26-32-38-44-52(2)3/h52-55H,7-51H2,1-6H3/t54?,55-/m1/s1. The molecule has 0 aliphatic rings. The van der Waals surface area contributed by atoms with Gasteiger partial charge in [-0.15, -0.1) is 0 Å². The first-order valence-corrected chi connectivity index (χ1v) is 28.6. The third-order valence-corrected chi connectivity index (χ3v) is 13.5. The highest BCUT2D eigenvalue weighted by atomic mass is 16.6. The summed E-state index contributed by atoms with van der Waals surface area (Å²) in [5.74, 6) is 1.70. The van der Waals surface area contributed by atoms with Crippen LogP contribution in [0.3, 0.4) is 0 Å². The van der Waals surface area contributed by atoms with Crippen LogP contribution in [0.4, 0.5) is 0 Å². The van der Waals surface area contributed by atoms with Crippen molar-refractivity contribution in [2.24, 2.45) is 17.8 Å². The molecule has 0 spiro atoms. The van der Waals surface area contributed by atoms with Gasteiger partial charge in [-0.2, -0.15) is 0 Å². The van der Waals surface area contributed by atoms with Crippen LogP contribution in [0.1, 0.15) is 318 Å². The van der Waals surface area contributed by atoms with Gasteiger partial charge in [0.15, 0.2) is 6.10 Å². The molecule has 0 fully saturated rings. The van der Waals surface area contributed by atoms with E-state index in [-0.39, 0.29) is 31.1 Å². The van der Waals surface area contributed by atoms with E-state index in [9.17, 15) is 14.4 Å². The van der Waals surface area contributed by atoms with E-state index in [1.807, 2.05) is 0 Å². The second-order valence-corrected chi connectivity index (χ2v) is 21.1. The molecule has 1 unspecified atom stereocenters. The largest absolute Gasteiger partial charge is 0.462 e. The van der Waals surface area contributed by atoms with E-state index in [1.165, 1.54) is 199 Å². The summed E-state index contributed by atoms with van der Waals surface area (Å²) in [6.45, 7) is 13.8. The smallest absolute Gasteiger partial charge is 0.306 e. The summed E-state index contributed by atoms with van der Waals surface area (Å²) >= 11 is 0. The highest BCUT2D eigenvalue weighted by Gasteiger charge is 2.19. The molecule has 0 radical (unpaired) electrons. The van der Waals surface area contributed by atoms with Crippen LogP contribution in [0.2, 0.25) is 0 Å². The third-order valence-electron chi connectivity index (χ3n) is 13.5. The first-order chi connectivity index (χ1) is 31.1. The summed E-state index contributed by atoms with van der Waals surface area (Å²) in [6, 6.07) is 0. The zero-order valence-corrected chi connectivity index (χ0v) is 44.1. The summed E-state index contributed by atoms with van der Waals surface area (Å²) in [5.41, 5.74) is 0. The van der Waals surface area contributed by atoms with Crippen LogP contribution in [-0.2, 0) is 28.6 Å².